The average molecular weight is 586 g/mol. The number of hydrogen-bond acceptors (Lipinski definition) is 7. The first kappa shape index (κ1) is 31.1. The molecule has 4 heterocycles. The number of aromatic hydroxyl groups is 1. The van der Waals surface area contributed by atoms with Gasteiger partial charge in [-0.25, -0.2) is 13.4 Å². The van der Waals surface area contributed by atoms with E-state index in [1.54, 1.807) is 30.3 Å². The number of aliphatic imine (C=N–C) groups is 1. The number of nitrogens with two attached hydrogens (primary N) is 2. The Morgan fingerprint density at radius 3 is 2.17 bits per heavy atom. The van der Waals surface area contributed by atoms with E-state index in [2.05, 4.69) is 4.99 Å². The van der Waals surface area contributed by atoms with Crippen LogP contribution >= 0.6 is 0 Å². The van der Waals surface area contributed by atoms with Crippen molar-refractivity contribution in [3.63, 3.8) is 0 Å². The van der Waals surface area contributed by atoms with Gasteiger partial charge in [0.2, 0.25) is 6.23 Å². The Balaban J connectivity index is 0.00000387. The van der Waals surface area contributed by atoms with Crippen LogP contribution in [0.5, 0.6) is 11.5 Å². The molecule has 210 valence electrons. The number of benzene rings is 3. The maximum absolute atomic E-state index is 12.7. The van der Waals surface area contributed by atoms with Gasteiger partial charge in [-0.3, -0.25) is 0 Å². The van der Waals surface area contributed by atoms with Gasteiger partial charge in [-0.15, -0.1) is 0 Å². The summed E-state index contributed by atoms with van der Waals surface area (Å²) < 4.78 is 44.3. The van der Waals surface area contributed by atoms with Crippen LogP contribution in [0.15, 0.2) is 89.4 Å². The van der Waals surface area contributed by atoms with E-state index in [-0.39, 0.29) is 53.6 Å². The van der Waals surface area contributed by atoms with Crippen LogP contribution in [0, 0.1) is 5.92 Å². The Bertz CT molecular complexity index is 1510. The van der Waals surface area contributed by atoms with Gasteiger partial charge in [0.25, 0.3) is 0 Å². The summed E-state index contributed by atoms with van der Waals surface area (Å²) in [6.07, 6.45) is 1.57. The third-order valence-corrected chi connectivity index (χ3v) is 9.07. The summed E-state index contributed by atoms with van der Waals surface area (Å²) in [7, 11) is -4.70. The number of aliphatic hydroxyl groups excluding tert-OH is 1. The minimum Gasteiger partial charge on any atom is -0.748 e. The van der Waals surface area contributed by atoms with Crippen LogP contribution in [-0.2, 0) is 16.5 Å². The number of nitrogens with zero attached hydrogens (tertiary/aromatic N) is 1. The minimum absolute atomic E-state index is 0. The molecule has 4 bridgehead atoms. The molecule has 41 heavy (non-hydrogen) atoms. The molecule has 3 aromatic rings. The van der Waals surface area contributed by atoms with Crippen LogP contribution in [0.25, 0.3) is 0 Å². The van der Waals surface area contributed by atoms with Crippen LogP contribution in [0.3, 0.4) is 0 Å². The van der Waals surface area contributed by atoms with Crippen LogP contribution in [0.1, 0.15) is 59.8 Å². The van der Waals surface area contributed by atoms with Crippen LogP contribution < -0.4 is 45.8 Å². The van der Waals surface area contributed by atoms with Gasteiger partial charge in [-0.05, 0) is 84.0 Å². The molecule has 4 aliphatic heterocycles. The molecule has 5 atom stereocenters. The van der Waals surface area contributed by atoms with Gasteiger partial charge in [0.1, 0.15) is 17.6 Å². The van der Waals surface area contributed by atoms with E-state index in [0.29, 0.717) is 41.7 Å². The van der Waals surface area contributed by atoms with Crippen LogP contribution in [-0.4, -0.2) is 34.4 Å². The Hall–Kier alpha value is -2.86. The largest absolute Gasteiger partial charge is 1.00 e. The van der Waals surface area contributed by atoms with Gasteiger partial charge in [0.15, 0.2) is 5.96 Å². The summed E-state index contributed by atoms with van der Waals surface area (Å²) in [5.41, 5.74) is 15.0. The Morgan fingerprint density at radius 1 is 0.927 bits per heavy atom. The average Bonchev–Trinajstić information content (AvgIpc) is 2.93. The van der Waals surface area contributed by atoms with E-state index in [4.69, 9.17) is 16.2 Å². The number of phenols is 1. The molecule has 3 aromatic carbocycles. The van der Waals surface area contributed by atoms with Gasteiger partial charge in [-0.1, -0.05) is 54.6 Å². The number of aliphatic hydroxyl groups is 1. The second-order valence-electron chi connectivity index (χ2n) is 10.4. The van der Waals surface area contributed by atoms with Crippen molar-refractivity contribution in [1.29, 1.82) is 0 Å². The molecule has 0 spiro atoms. The van der Waals surface area contributed by atoms with Crippen molar-refractivity contribution in [3.8, 4) is 11.5 Å². The molecule has 8 rings (SSSR count). The van der Waals surface area contributed by atoms with Gasteiger partial charge in [0.05, 0.1) is 15.4 Å². The molecule has 0 saturated carbocycles. The zero-order chi connectivity index (χ0) is 28.4. The van der Waals surface area contributed by atoms with Crippen molar-refractivity contribution in [2.45, 2.75) is 49.2 Å². The number of allylic oxidation sites excluding steroid dienone is 1. The standard InChI is InChI=1S/C30H33N3O6S.Na/c31-30(32)33-29-21-6-4-19(5-7-21)25-15-10-22(28(35)20-8-11-23(34)12-9-20)17-26(25)27(40(36,37)38)16-3-18-1-13-24(39-29)14-2-18;/h1-2,4-9,11-14,17,25-29,34-35H,3,10,15-16H2,(H4,31,32,33)(H,36,37,38);/q;+1/p-1. The van der Waals surface area contributed by atoms with Crippen LogP contribution in [0.2, 0.25) is 0 Å². The molecule has 9 nitrogen and oxygen atoms in total. The number of ether oxygens (including phenoxy) is 1. The first-order chi connectivity index (χ1) is 19.1. The van der Waals surface area contributed by atoms with Gasteiger partial charge >= 0.3 is 29.6 Å². The number of rotatable bonds is 4. The van der Waals surface area contributed by atoms with Crippen molar-refractivity contribution in [3.05, 3.63) is 107 Å². The first-order valence-electron chi connectivity index (χ1n) is 13.1. The van der Waals surface area contributed by atoms with Crippen molar-refractivity contribution in [2.24, 2.45) is 22.4 Å². The normalized spacial score (nSPS) is 23.0. The predicted octanol–water partition coefficient (Wildman–Crippen LogP) is 0.761. The topological polar surface area (TPSA) is 171 Å². The second-order valence-corrected chi connectivity index (χ2v) is 12.0. The molecule has 5 aliphatic rings. The van der Waals surface area contributed by atoms with Crippen molar-refractivity contribution < 1.29 is 57.5 Å². The van der Waals surface area contributed by atoms with E-state index >= 15 is 0 Å². The molecular weight excluding hydrogens is 553 g/mol. The van der Waals surface area contributed by atoms with Crippen molar-refractivity contribution >= 4 is 16.1 Å². The summed E-state index contributed by atoms with van der Waals surface area (Å²) in [6.45, 7) is 0. The quantitative estimate of drug-likeness (QED) is 0.114. The number of hydrogen-bond donors (Lipinski definition) is 4. The van der Waals surface area contributed by atoms with E-state index in [1.807, 2.05) is 36.4 Å². The first-order valence-corrected chi connectivity index (χ1v) is 14.6. The summed E-state index contributed by atoms with van der Waals surface area (Å²) in [4.78, 5) is 4.24. The van der Waals surface area contributed by atoms with E-state index in [1.165, 1.54) is 12.1 Å². The third-order valence-electron chi connectivity index (χ3n) is 7.78. The summed E-state index contributed by atoms with van der Waals surface area (Å²) in [6, 6.07) is 20.9. The summed E-state index contributed by atoms with van der Waals surface area (Å²) in [5.74, 6) is -0.428. The van der Waals surface area contributed by atoms with Gasteiger partial charge in [0, 0.05) is 5.56 Å². The SMILES string of the molecule is NC(N)=NC1Oc2ccc(cc2)CCC(S(=O)(=O)[O-])C2C=C(C(O)c3ccc(O)cc3)CCC2c2ccc1cc2.[Na+]. The molecule has 0 amide bonds. The van der Waals surface area contributed by atoms with E-state index in [9.17, 15) is 23.2 Å². The molecule has 5 unspecified atom stereocenters. The maximum Gasteiger partial charge on any atom is 1.00 e. The van der Waals surface area contributed by atoms with Crippen LogP contribution in [0.4, 0.5) is 0 Å². The maximum atomic E-state index is 12.7. The number of aryl methyl sites for hydroxylation is 1. The molecule has 0 saturated heterocycles. The third kappa shape index (κ3) is 7.32. The van der Waals surface area contributed by atoms with E-state index in [0.717, 1.165) is 11.1 Å². The fourth-order valence-corrected chi connectivity index (χ4v) is 6.79. The minimum atomic E-state index is -4.70. The molecule has 11 heteroatoms. The smallest absolute Gasteiger partial charge is 0.748 e. The molecule has 0 radical (unpaired) electrons. The second kappa shape index (κ2) is 13.0. The number of guanidine groups is 1. The fourth-order valence-electron chi connectivity index (χ4n) is 5.73. The van der Waals surface area contributed by atoms with Crippen molar-refractivity contribution in [2.75, 3.05) is 0 Å². The monoisotopic (exact) mass is 585 g/mol. The Labute approximate surface area is 262 Å². The molecular formula is C30H32N3NaO6S. The van der Waals surface area contributed by atoms with Crippen molar-refractivity contribution in [1.82, 2.24) is 0 Å². The Morgan fingerprint density at radius 2 is 1.56 bits per heavy atom. The zero-order valence-electron chi connectivity index (χ0n) is 22.8. The van der Waals surface area contributed by atoms with Gasteiger partial charge in [-0.2, -0.15) is 0 Å². The summed E-state index contributed by atoms with van der Waals surface area (Å²) in [5, 5.41) is 19.6. The molecule has 0 aromatic heterocycles. The molecule has 6 N–H and O–H groups in total. The predicted molar refractivity (Wildman–Crippen MR) is 150 cm³/mol. The van der Waals surface area contributed by atoms with Gasteiger partial charge < -0.3 is 31.0 Å². The Kier molecular flexibility index (Phi) is 9.84. The van der Waals surface area contributed by atoms with E-state index < -0.39 is 33.6 Å². The zero-order valence-corrected chi connectivity index (χ0v) is 25.6. The molecule has 0 fully saturated rings. The molecule has 1 aliphatic carbocycles. The fraction of sp³-hybridized carbons (Fsp3) is 0.300. The number of phenolic OH excluding ortho intramolecular Hbond substituents is 1. The summed E-state index contributed by atoms with van der Waals surface area (Å²) >= 11 is 0.